The smallest absolute Gasteiger partial charge is 0.410 e. The quantitative estimate of drug-likeness (QED) is 0.615. The molecule has 0 saturated carbocycles. The van der Waals surface area contributed by atoms with Crippen LogP contribution in [-0.2, 0) is 4.74 Å². The van der Waals surface area contributed by atoms with Crippen LogP contribution in [0.1, 0.15) is 44.1 Å². The zero-order valence-electron chi connectivity index (χ0n) is 19.5. The molecule has 2 aromatic heterocycles. The van der Waals surface area contributed by atoms with Crippen molar-refractivity contribution in [2.45, 2.75) is 45.3 Å². The number of hydrogen-bond donors (Lipinski definition) is 2. The highest BCUT2D eigenvalue weighted by Gasteiger charge is 2.28. The number of H-pyrrole nitrogens is 1. The summed E-state index contributed by atoms with van der Waals surface area (Å²) in [6, 6.07) is 11.6. The van der Waals surface area contributed by atoms with Gasteiger partial charge in [-0.25, -0.2) is 9.78 Å². The molecule has 0 unspecified atom stereocenters. The van der Waals surface area contributed by atoms with E-state index in [2.05, 4.69) is 15.3 Å². The number of piperidine rings is 1. The molecule has 4 rings (SSSR count). The maximum absolute atomic E-state index is 12.9. The number of methoxy groups -OCH3 is 1. The van der Waals surface area contributed by atoms with E-state index in [0.29, 0.717) is 37.5 Å². The minimum Gasteiger partial charge on any atom is -0.481 e. The molecule has 0 atom stereocenters. The van der Waals surface area contributed by atoms with Gasteiger partial charge in [0, 0.05) is 47.9 Å². The van der Waals surface area contributed by atoms with Crippen LogP contribution < -0.4 is 10.1 Å². The molecule has 1 saturated heterocycles. The number of nitrogens with one attached hydrogen (secondary N) is 2. The highest BCUT2D eigenvalue weighted by Crippen LogP contribution is 2.29. The zero-order chi connectivity index (χ0) is 23.6. The summed E-state index contributed by atoms with van der Waals surface area (Å²) in [5.41, 5.74) is 2.81. The number of rotatable bonds is 4. The molecule has 2 N–H and O–H groups in total. The van der Waals surface area contributed by atoms with Gasteiger partial charge in [-0.15, -0.1) is 0 Å². The van der Waals surface area contributed by atoms with Crippen LogP contribution in [-0.4, -0.2) is 58.7 Å². The zero-order valence-corrected chi connectivity index (χ0v) is 19.5. The van der Waals surface area contributed by atoms with Gasteiger partial charge >= 0.3 is 6.09 Å². The fourth-order valence-corrected chi connectivity index (χ4v) is 3.99. The van der Waals surface area contributed by atoms with Gasteiger partial charge in [-0.05, 0) is 57.4 Å². The third kappa shape index (κ3) is 5.27. The Balaban J connectivity index is 1.42. The van der Waals surface area contributed by atoms with Crippen molar-refractivity contribution in [1.29, 1.82) is 0 Å². The third-order valence-corrected chi connectivity index (χ3v) is 5.65. The lowest BCUT2D eigenvalue weighted by molar-refractivity contribution is 0.0199. The Hall–Kier alpha value is -3.55. The Morgan fingerprint density at radius 1 is 1.15 bits per heavy atom. The van der Waals surface area contributed by atoms with Gasteiger partial charge in [0.15, 0.2) is 0 Å². The van der Waals surface area contributed by atoms with Gasteiger partial charge in [0.2, 0.25) is 5.88 Å². The predicted octanol–water partition coefficient (Wildman–Crippen LogP) is 4.37. The minimum atomic E-state index is -0.515. The van der Waals surface area contributed by atoms with E-state index in [-0.39, 0.29) is 18.0 Å². The first-order valence-corrected chi connectivity index (χ1v) is 11.1. The molecule has 1 fully saturated rings. The second-order valence-corrected chi connectivity index (χ2v) is 9.25. The van der Waals surface area contributed by atoms with E-state index in [1.54, 1.807) is 18.2 Å². The van der Waals surface area contributed by atoms with E-state index in [9.17, 15) is 9.59 Å². The van der Waals surface area contributed by atoms with Gasteiger partial charge in [0.05, 0.1) is 7.11 Å². The van der Waals surface area contributed by atoms with Crippen LogP contribution in [0.25, 0.3) is 22.0 Å². The van der Waals surface area contributed by atoms with Gasteiger partial charge in [-0.1, -0.05) is 12.1 Å². The Bertz CT molecular complexity index is 1140. The van der Waals surface area contributed by atoms with Gasteiger partial charge < -0.3 is 24.7 Å². The summed E-state index contributed by atoms with van der Waals surface area (Å²) in [5, 5.41) is 4.05. The Morgan fingerprint density at radius 3 is 2.55 bits per heavy atom. The molecule has 1 aliphatic heterocycles. The summed E-state index contributed by atoms with van der Waals surface area (Å²) in [6.45, 7) is 6.68. The predicted molar refractivity (Wildman–Crippen MR) is 126 cm³/mol. The fraction of sp³-hybridized carbons (Fsp3) is 0.400. The number of ether oxygens (including phenoxy) is 2. The van der Waals surface area contributed by atoms with Gasteiger partial charge in [-0.3, -0.25) is 4.79 Å². The molecule has 8 heteroatoms. The first-order valence-electron chi connectivity index (χ1n) is 11.1. The van der Waals surface area contributed by atoms with Crippen molar-refractivity contribution in [2.24, 2.45) is 0 Å². The molecular formula is C25H30N4O4. The van der Waals surface area contributed by atoms with Crippen molar-refractivity contribution >= 4 is 22.9 Å². The molecule has 33 heavy (non-hydrogen) atoms. The largest absolute Gasteiger partial charge is 0.481 e. The molecule has 0 spiro atoms. The van der Waals surface area contributed by atoms with Crippen molar-refractivity contribution in [2.75, 3.05) is 20.2 Å². The molecule has 0 radical (unpaired) electrons. The Labute approximate surface area is 193 Å². The first kappa shape index (κ1) is 22.6. The number of fused-ring (bicyclic) bond motifs is 1. The summed E-state index contributed by atoms with van der Waals surface area (Å²) in [7, 11) is 1.58. The molecule has 2 amide bonds. The van der Waals surface area contributed by atoms with Crippen molar-refractivity contribution in [3.8, 4) is 17.0 Å². The van der Waals surface area contributed by atoms with E-state index in [0.717, 1.165) is 22.0 Å². The lowest BCUT2D eigenvalue weighted by atomic mass is 10.0. The summed E-state index contributed by atoms with van der Waals surface area (Å²) in [5.74, 6) is 0.401. The molecule has 3 aromatic rings. The van der Waals surface area contributed by atoms with Crippen LogP contribution >= 0.6 is 0 Å². The van der Waals surface area contributed by atoms with E-state index >= 15 is 0 Å². The van der Waals surface area contributed by atoms with Crippen LogP contribution in [0, 0.1) is 0 Å². The standard InChI is InChI=1S/C25H30N4O4/c1-25(2,3)33-24(31)29-12-10-17(11-13-29)27-23(30)21-14-19-18(6-5-7-20(19)28-21)16-8-9-22(32-4)26-15-16/h5-9,14-15,17,28H,10-13H2,1-4H3,(H,27,30). The number of likely N-dealkylation sites (tertiary alicyclic amines) is 1. The maximum atomic E-state index is 12.9. The molecule has 1 aliphatic rings. The molecule has 8 nitrogen and oxygen atoms in total. The first-order chi connectivity index (χ1) is 15.7. The van der Waals surface area contributed by atoms with Crippen molar-refractivity contribution < 1.29 is 19.1 Å². The second-order valence-electron chi connectivity index (χ2n) is 9.25. The summed E-state index contributed by atoms with van der Waals surface area (Å²) in [4.78, 5) is 34.4. The van der Waals surface area contributed by atoms with Gasteiger partial charge in [0.1, 0.15) is 11.3 Å². The molecule has 1 aromatic carbocycles. The molecular weight excluding hydrogens is 420 g/mol. The van der Waals surface area contributed by atoms with Crippen LogP contribution in [0.2, 0.25) is 0 Å². The van der Waals surface area contributed by atoms with Crippen LogP contribution in [0.15, 0.2) is 42.6 Å². The Morgan fingerprint density at radius 2 is 1.91 bits per heavy atom. The van der Waals surface area contributed by atoms with E-state index in [1.807, 2.05) is 57.2 Å². The topological polar surface area (TPSA) is 96.6 Å². The SMILES string of the molecule is COc1ccc(-c2cccc3[nH]c(C(=O)NC4CCN(C(=O)OC(C)(C)C)CC4)cc23)cn1. The van der Waals surface area contributed by atoms with Crippen LogP contribution in [0.5, 0.6) is 5.88 Å². The number of carbonyl (C=O) groups is 2. The van der Waals surface area contributed by atoms with Crippen LogP contribution in [0.3, 0.4) is 0 Å². The van der Waals surface area contributed by atoms with E-state index < -0.39 is 5.60 Å². The average molecular weight is 451 g/mol. The number of nitrogens with zero attached hydrogens (tertiary/aromatic N) is 2. The highest BCUT2D eigenvalue weighted by molar-refractivity contribution is 6.03. The molecule has 174 valence electrons. The van der Waals surface area contributed by atoms with E-state index in [4.69, 9.17) is 9.47 Å². The highest BCUT2D eigenvalue weighted by atomic mass is 16.6. The van der Waals surface area contributed by atoms with Crippen molar-refractivity contribution in [1.82, 2.24) is 20.2 Å². The second kappa shape index (κ2) is 9.13. The lowest BCUT2D eigenvalue weighted by Crippen LogP contribution is -2.47. The van der Waals surface area contributed by atoms with Gasteiger partial charge in [0.25, 0.3) is 5.91 Å². The van der Waals surface area contributed by atoms with E-state index in [1.165, 1.54) is 0 Å². The molecule has 0 bridgehead atoms. The average Bonchev–Trinajstić information content (AvgIpc) is 3.23. The molecule has 3 heterocycles. The minimum absolute atomic E-state index is 0.00728. The summed E-state index contributed by atoms with van der Waals surface area (Å²) >= 11 is 0. The van der Waals surface area contributed by atoms with Gasteiger partial charge in [-0.2, -0.15) is 0 Å². The van der Waals surface area contributed by atoms with Crippen LogP contribution in [0.4, 0.5) is 4.79 Å². The lowest BCUT2D eigenvalue weighted by Gasteiger charge is -2.33. The number of aromatic amines is 1. The number of aromatic nitrogens is 2. The van der Waals surface area contributed by atoms with Crippen molar-refractivity contribution in [3.63, 3.8) is 0 Å². The monoisotopic (exact) mass is 450 g/mol. The number of hydrogen-bond acceptors (Lipinski definition) is 5. The number of carbonyl (C=O) groups excluding carboxylic acids is 2. The normalized spacial score (nSPS) is 14.8. The van der Waals surface area contributed by atoms with Crippen molar-refractivity contribution in [3.05, 3.63) is 48.3 Å². The number of amides is 2. The number of benzene rings is 1. The molecule has 0 aliphatic carbocycles. The maximum Gasteiger partial charge on any atom is 0.410 e. The summed E-state index contributed by atoms with van der Waals surface area (Å²) < 4.78 is 10.6. The number of pyridine rings is 1. The third-order valence-electron chi connectivity index (χ3n) is 5.65. The Kier molecular flexibility index (Phi) is 6.26. The summed E-state index contributed by atoms with van der Waals surface area (Å²) in [6.07, 6.45) is 2.84. The fourth-order valence-electron chi connectivity index (χ4n) is 3.99.